The molecule has 2 aromatic rings. The average molecular weight is 269 g/mol. The molecule has 0 saturated heterocycles. The fourth-order valence-corrected chi connectivity index (χ4v) is 1.99. The van der Waals surface area contributed by atoms with Crippen LogP contribution in [0.4, 0.5) is 5.69 Å². The van der Waals surface area contributed by atoms with Crippen molar-refractivity contribution in [3.63, 3.8) is 0 Å². The molecule has 3 rings (SSSR count). The summed E-state index contributed by atoms with van der Waals surface area (Å²) >= 11 is 0. The number of hydrogen-bond acceptors (Lipinski definition) is 5. The third-order valence-corrected chi connectivity index (χ3v) is 2.97. The summed E-state index contributed by atoms with van der Waals surface area (Å²) < 4.78 is 11.2. The predicted molar refractivity (Wildman–Crippen MR) is 76.4 cm³/mol. The number of anilines is 1. The minimum atomic E-state index is 0.481. The Hall–Kier alpha value is -2.40. The highest BCUT2D eigenvalue weighted by molar-refractivity contribution is 5.67. The van der Waals surface area contributed by atoms with Crippen LogP contribution in [0.1, 0.15) is 12.1 Å². The number of benzene rings is 1. The van der Waals surface area contributed by atoms with Gasteiger partial charge >= 0.3 is 0 Å². The second-order valence-electron chi connectivity index (χ2n) is 4.45. The minimum absolute atomic E-state index is 0.481. The first-order chi connectivity index (χ1) is 9.83. The van der Waals surface area contributed by atoms with E-state index < -0.39 is 0 Å². The summed E-state index contributed by atoms with van der Waals surface area (Å²) in [5, 5.41) is 0. The smallest absolute Gasteiger partial charge is 0.245 e. The van der Waals surface area contributed by atoms with Gasteiger partial charge in [0.15, 0.2) is 0 Å². The third-order valence-electron chi connectivity index (χ3n) is 2.97. The standard InChI is InChI=1S/C15H15N3O2/c16-12-3-5-13(6-4-12)20-15-14(17-7-8-18-15)11-2-1-9-19-10-11/h2-8H,1,9-10,16H2. The highest BCUT2D eigenvalue weighted by Gasteiger charge is 2.15. The van der Waals surface area contributed by atoms with Crippen molar-refractivity contribution in [1.82, 2.24) is 9.97 Å². The lowest BCUT2D eigenvalue weighted by atomic mass is 10.1. The van der Waals surface area contributed by atoms with Crippen LogP contribution in [-0.4, -0.2) is 23.2 Å². The monoisotopic (exact) mass is 269 g/mol. The number of aromatic nitrogens is 2. The fourth-order valence-electron chi connectivity index (χ4n) is 1.99. The number of ether oxygens (including phenoxy) is 2. The molecule has 0 saturated carbocycles. The second kappa shape index (κ2) is 5.71. The zero-order valence-corrected chi connectivity index (χ0v) is 11.0. The topological polar surface area (TPSA) is 70.3 Å². The van der Waals surface area contributed by atoms with Crippen molar-refractivity contribution in [3.05, 3.63) is 48.4 Å². The van der Waals surface area contributed by atoms with Gasteiger partial charge < -0.3 is 15.2 Å². The summed E-state index contributed by atoms with van der Waals surface area (Å²) in [7, 11) is 0. The average Bonchev–Trinajstić information content (AvgIpc) is 2.51. The van der Waals surface area contributed by atoms with Crippen molar-refractivity contribution < 1.29 is 9.47 Å². The van der Waals surface area contributed by atoms with Gasteiger partial charge in [0.1, 0.15) is 11.4 Å². The van der Waals surface area contributed by atoms with E-state index in [1.54, 1.807) is 36.7 Å². The summed E-state index contributed by atoms with van der Waals surface area (Å²) in [6.07, 6.45) is 6.26. The lowest BCUT2D eigenvalue weighted by molar-refractivity contribution is 0.164. The van der Waals surface area contributed by atoms with Crippen LogP contribution in [0.5, 0.6) is 11.6 Å². The van der Waals surface area contributed by atoms with Crippen molar-refractivity contribution in [2.24, 2.45) is 0 Å². The molecule has 1 aromatic carbocycles. The zero-order valence-electron chi connectivity index (χ0n) is 11.0. The Morgan fingerprint density at radius 2 is 1.90 bits per heavy atom. The van der Waals surface area contributed by atoms with E-state index >= 15 is 0 Å². The van der Waals surface area contributed by atoms with E-state index in [0.29, 0.717) is 23.9 Å². The largest absolute Gasteiger partial charge is 0.437 e. The van der Waals surface area contributed by atoms with Crippen molar-refractivity contribution >= 4 is 11.3 Å². The lowest BCUT2D eigenvalue weighted by Crippen LogP contribution is -2.08. The first kappa shape index (κ1) is 12.6. The normalized spacial score (nSPS) is 14.7. The molecule has 5 heteroatoms. The van der Waals surface area contributed by atoms with Crippen molar-refractivity contribution in [3.8, 4) is 11.6 Å². The molecule has 5 nitrogen and oxygen atoms in total. The molecular weight excluding hydrogens is 254 g/mol. The van der Waals surface area contributed by atoms with Gasteiger partial charge in [-0.2, -0.15) is 0 Å². The Morgan fingerprint density at radius 3 is 2.65 bits per heavy atom. The summed E-state index contributed by atoms with van der Waals surface area (Å²) in [6.45, 7) is 1.29. The molecule has 0 atom stereocenters. The van der Waals surface area contributed by atoms with Gasteiger partial charge in [-0.15, -0.1) is 0 Å². The Balaban J connectivity index is 1.89. The number of hydrogen-bond donors (Lipinski definition) is 1. The summed E-state index contributed by atoms with van der Waals surface area (Å²) in [5.41, 5.74) is 8.09. The Bertz CT molecular complexity index is 623. The van der Waals surface area contributed by atoms with E-state index in [1.807, 2.05) is 0 Å². The van der Waals surface area contributed by atoms with E-state index in [-0.39, 0.29) is 0 Å². The Labute approximate surface area is 117 Å². The van der Waals surface area contributed by atoms with Gasteiger partial charge in [-0.05, 0) is 30.7 Å². The van der Waals surface area contributed by atoms with Gasteiger partial charge in [-0.25, -0.2) is 9.97 Å². The maximum absolute atomic E-state index is 5.79. The molecule has 0 fully saturated rings. The molecule has 2 heterocycles. The SMILES string of the molecule is Nc1ccc(Oc2nccnc2C2=CCCOC2)cc1. The molecule has 0 aliphatic carbocycles. The van der Waals surface area contributed by atoms with Gasteiger partial charge in [0, 0.05) is 23.7 Å². The molecule has 102 valence electrons. The molecular formula is C15H15N3O2. The van der Waals surface area contributed by atoms with E-state index in [9.17, 15) is 0 Å². The minimum Gasteiger partial charge on any atom is -0.437 e. The summed E-state index contributed by atoms with van der Waals surface area (Å²) in [5.74, 6) is 1.16. The first-order valence-corrected chi connectivity index (χ1v) is 6.44. The molecule has 0 unspecified atom stereocenters. The van der Waals surface area contributed by atoms with E-state index in [4.69, 9.17) is 15.2 Å². The maximum atomic E-state index is 5.79. The quantitative estimate of drug-likeness (QED) is 0.867. The van der Waals surface area contributed by atoms with Crippen LogP contribution in [-0.2, 0) is 4.74 Å². The number of nitrogens with zero attached hydrogens (tertiary/aromatic N) is 2. The van der Waals surface area contributed by atoms with Crippen LogP contribution >= 0.6 is 0 Å². The Kier molecular flexibility index (Phi) is 3.60. The fraction of sp³-hybridized carbons (Fsp3) is 0.200. The highest BCUT2D eigenvalue weighted by atomic mass is 16.5. The van der Waals surface area contributed by atoms with Crippen LogP contribution < -0.4 is 10.5 Å². The third kappa shape index (κ3) is 2.78. The maximum Gasteiger partial charge on any atom is 0.245 e. The summed E-state index contributed by atoms with van der Waals surface area (Å²) in [4.78, 5) is 8.61. The number of rotatable bonds is 3. The van der Waals surface area contributed by atoms with E-state index in [2.05, 4.69) is 16.0 Å². The van der Waals surface area contributed by atoms with Crippen LogP contribution in [0.2, 0.25) is 0 Å². The molecule has 0 bridgehead atoms. The van der Waals surface area contributed by atoms with E-state index in [0.717, 1.165) is 24.3 Å². The molecule has 0 spiro atoms. The first-order valence-electron chi connectivity index (χ1n) is 6.44. The van der Waals surface area contributed by atoms with Gasteiger partial charge in [-0.3, -0.25) is 0 Å². The second-order valence-corrected chi connectivity index (χ2v) is 4.45. The summed E-state index contributed by atoms with van der Waals surface area (Å²) in [6, 6.07) is 7.18. The molecule has 1 aromatic heterocycles. The van der Waals surface area contributed by atoms with Gasteiger partial charge in [-0.1, -0.05) is 6.08 Å². The number of nitrogen functional groups attached to an aromatic ring is 1. The van der Waals surface area contributed by atoms with Crippen LogP contribution in [0, 0.1) is 0 Å². The predicted octanol–water partition coefficient (Wildman–Crippen LogP) is 2.65. The lowest BCUT2D eigenvalue weighted by Gasteiger charge is -2.15. The molecule has 1 aliphatic heterocycles. The van der Waals surface area contributed by atoms with Gasteiger partial charge in [0.2, 0.25) is 5.88 Å². The van der Waals surface area contributed by atoms with Crippen molar-refractivity contribution in [2.75, 3.05) is 18.9 Å². The van der Waals surface area contributed by atoms with E-state index in [1.165, 1.54) is 0 Å². The molecule has 0 radical (unpaired) electrons. The van der Waals surface area contributed by atoms with Crippen LogP contribution in [0.15, 0.2) is 42.7 Å². The van der Waals surface area contributed by atoms with Gasteiger partial charge in [0.05, 0.1) is 13.2 Å². The van der Waals surface area contributed by atoms with Crippen molar-refractivity contribution in [2.45, 2.75) is 6.42 Å². The van der Waals surface area contributed by atoms with Gasteiger partial charge in [0.25, 0.3) is 0 Å². The molecule has 1 aliphatic rings. The Morgan fingerprint density at radius 1 is 1.10 bits per heavy atom. The number of nitrogens with two attached hydrogens (primary N) is 1. The van der Waals surface area contributed by atoms with Crippen LogP contribution in [0.25, 0.3) is 5.57 Å². The molecule has 0 amide bonds. The zero-order chi connectivity index (χ0) is 13.8. The van der Waals surface area contributed by atoms with Crippen molar-refractivity contribution in [1.29, 1.82) is 0 Å². The molecule has 2 N–H and O–H groups in total. The molecule has 20 heavy (non-hydrogen) atoms. The highest BCUT2D eigenvalue weighted by Crippen LogP contribution is 2.28. The van der Waals surface area contributed by atoms with Crippen LogP contribution in [0.3, 0.4) is 0 Å².